The first-order valence-corrected chi connectivity index (χ1v) is 8.35. The van der Waals surface area contributed by atoms with Crippen LogP contribution in [0, 0.1) is 0 Å². The summed E-state index contributed by atoms with van der Waals surface area (Å²) in [5.41, 5.74) is -0.485. The van der Waals surface area contributed by atoms with Crippen LogP contribution < -0.4 is 0 Å². The van der Waals surface area contributed by atoms with Crippen LogP contribution in [-0.2, 0) is 9.53 Å². The van der Waals surface area contributed by atoms with E-state index in [9.17, 15) is 9.90 Å². The van der Waals surface area contributed by atoms with Crippen LogP contribution in [0.4, 0.5) is 0 Å². The highest BCUT2D eigenvalue weighted by atomic mass is 16.5. The van der Waals surface area contributed by atoms with E-state index in [1.807, 2.05) is 23.9 Å². The number of hydrogen-bond donors (Lipinski definition) is 1. The van der Waals surface area contributed by atoms with Crippen molar-refractivity contribution in [3.8, 4) is 0 Å². The fourth-order valence-electron chi connectivity index (χ4n) is 3.11. The summed E-state index contributed by atoms with van der Waals surface area (Å²) in [6.07, 6.45) is 1.94. The zero-order valence-electron chi connectivity index (χ0n) is 14.7. The minimum Gasteiger partial charge on any atom is -0.394 e. The van der Waals surface area contributed by atoms with Gasteiger partial charge in [0.05, 0.1) is 31.9 Å². The normalized spacial score (nSPS) is 23.0. The highest BCUT2D eigenvalue weighted by molar-refractivity contribution is 5.78. The van der Waals surface area contributed by atoms with E-state index in [-0.39, 0.29) is 12.5 Å². The number of hydrogen-bond acceptors (Lipinski definition) is 5. The number of carbonyl (C=O) groups excluding carboxylic acids is 1. The maximum absolute atomic E-state index is 12.6. The van der Waals surface area contributed by atoms with Gasteiger partial charge in [-0.25, -0.2) is 0 Å². The molecule has 0 spiro atoms. The van der Waals surface area contributed by atoms with E-state index >= 15 is 0 Å². The molecule has 0 radical (unpaired) electrons. The third-order valence-electron chi connectivity index (χ3n) is 4.12. The lowest BCUT2D eigenvalue weighted by Crippen LogP contribution is -2.65. The second kappa shape index (κ2) is 9.45. The van der Waals surface area contributed by atoms with E-state index in [0.29, 0.717) is 32.8 Å². The monoisotopic (exact) mass is 315 g/mol. The number of ether oxygens (including phenoxy) is 1. The smallest absolute Gasteiger partial charge is 0.236 e. The average Bonchev–Trinajstić information content (AvgIpc) is 2.48. The maximum Gasteiger partial charge on any atom is 0.236 e. The molecule has 1 amide bonds. The molecule has 1 fully saturated rings. The third-order valence-corrected chi connectivity index (χ3v) is 4.12. The van der Waals surface area contributed by atoms with Gasteiger partial charge in [-0.3, -0.25) is 9.69 Å². The summed E-state index contributed by atoms with van der Waals surface area (Å²) in [5, 5.41) is 9.95. The van der Waals surface area contributed by atoms with Gasteiger partial charge < -0.3 is 19.6 Å². The minimum absolute atomic E-state index is 0.0000154. The lowest BCUT2D eigenvalue weighted by Gasteiger charge is -2.47. The van der Waals surface area contributed by atoms with Gasteiger partial charge in [0.2, 0.25) is 5.91 Å². The van der Waals surface area contributed by atoms with Crippen LogP contribution in [0.1, 0.15) is 26.7 Å². The molecule has 130 valence electrons. The fraction of sp³-hybridized carbons (Fsp3) is 0.938. The van der Waals surface area contributed by atoms with Crippen LogP contribution >= 0.6 is 0 Å². The second-order valence-electron chi connectivity index (χ2n) is 6.48. The van der Waals surface area contributed by atoms with Crippen molar-refractivity contribution in [3.63, 3.8) is 0 Å². The molecule has 0 bridgehead atoms. The van der Waals surface area contributed by atoms with Gasteiger partial charge in [0.1, 0.15) is 0 Å². The Kier molecular flexibility index (Phi) is 8.31. The van der Waals surface area contributed by atoms with Gasteiger partial charge in [-0.1, -0.05) is 13.8 Å². The third kappa shape index (κ3) is 5.19. The van der Waals surface area contributed by atoms with Crippen LogP contribution in [0.5, 0.6) is 0 Å². The van der Waals surface area contributed by atoms with Crippen LogP contribution in [0.25, 0.3) is 0 Å². The van der Waals surface area contributed by atoms with Crippen molar-refractivity contribution in [2.75, 3.05) is 66.6 Å². The van der Waals surface area contributed by atoms with Crippen LogP contribution in [0.15, 0.2) is 0 Å². The zero-order chi connectivity index (χ0) is 16.6. The van der Waals surface area contributed by atoms with Crippen molar-refractivity contribution >= 4 is 5.91 Å². The van der Waals surface area contributed by atoms with Gasteiger partial charge in [0, 0.05) is 26.2 Å². The molecule has 1 aliphatic rings. The number of rotatable bonds is 9. The van der Waals surface area contributed by atoms with Crippen LogP contribution in [0.3, 0.4) is 0 Å². The summed E-state index contributed by atoms with van der Waals surface area (Å²) < 4.78 is 5.59. The Morgan fingerprint density at radius 1 is 1.27 bits per heavy atom. The Hall–Kier alpha value is -0.690. The molecular weight excluding hydrogens is 282 g/mol. The van der Waals surface area contributed by atoms with Crippen molar-refractivity contribution in [1.82, 2.24) is 14.7 Å². The lowest BCUT2D eigenvalue weighted by atomic mass is 9.97. The molecule has 0 aromatic carbocycles. The molecule has 1 aliphatic heterocycles. The molecule has 1 rings (SSSR count). The second-order valence-corrected chi connectivity index (χ2v) is 6.48. The van der Waals surface area contributed by atoms with Gasteiger partial charge in [0.25, 0.3) is 0 Å². The number of likely N-dealkylation sites (N-methyl/N-ethyl adjacent to an activating group) is 1. The quantitative estimate of drug-likeness (QED) is 0.661. The van der Waals surface area contributed by atoms with Gasteiger partial charge in [-0.05, 0) is 26.9 Å². The number of morpholine rings is 1. The molecule has 1 atom stereocenters. The number of aliphatic hydroxyl groups excluding tert-OH is 1. The van der Waals surface area contributed by atoms with Crippen LogP contribution in [0.2, 0.25) is 0 Å². The Labute approximate surface area is 135 Å². The standard InChI is InChI=1S/C16H33N3O3/c1-5-7-18(8-6-2)15(21)11-19-9-10-22-14-16(19,13-20)12-17(3)4/h20H,5-14H2,1-4H3. The van der Waals surface area contributed by atoms with Crippen LogP contribution in [-0.4, -0.2) is 97.9 Å². The Balaban J connectivity index is 2.79. The zero-order valence-corrected chi connectivity index (χ0v) is 14.7. The fourth-order valence-corrected chi connectivity index (χ4v) is 3.11. The van der Waals surface area contributed by atoms with E-state index < -0.39 is 5.54 Å². The number of carbonyl (C=O) groups is 1. The molecule has 0 aromatic rings. The van der Waals surface area contributed by atoms with Crippen molar-refractivity contribution < 1.29 is 14.6 Å². The molecule has 1 unspecified atom stereocenters. The van der Waals surface area contributed by atoms with Gasteiger partial charge >= 0.3 is 0 Å². The molecule has 0 aliphatic carbocycles. The molecular formula is C16H33N3O3. The molecule has 6 heteroatoms. The summed E-state index contributed by atoms with van der Waals surface area (Å²) in [5.74, 6) is 0.155. The SMILES string of the molecule is CCCN(CCC)C(=O)CN1CCOCC1(CO)CN(C)C. The Bertz CT molecular complexity index is 333. The number of aliphatic hydroxyl groups is 1. The Morgan fingerprint density at radius 3 is 2.41 bits per heavy atom. The number of nitrogens with zero attached hydrogens (tertiary/aromatic N) is 3. The molecule has 6 nitrogen and oxygen atoms in total. The first kappa shape index (κ1) is 19.4. The first-order chi connectivity index (χ1) is 10.5. The van der Waals surface area contributed by atoms with Crippen molar-refractivity contribution in [2.45, 2.75) is 32.2 Å². The van der Waals surface area contributed by atoms with E-state index in [0.717, 1.165) is 25.9 Å². The van der Waals surface area contributed by atoms with Gasteiger partial charge in [-0.2, -0.15) is 0 Å². The van der Waals surface area contributed by atoms with Crippen molar-refractivity contribution in [1.29, 1.82) is 0 Å². The summed E-state index contributed by atoms with van der Waals surface area (Å²) in [7, 11) is 3.96. The molecule has 1 N–H and O–H groups in total. The largest absolute Gasteiger partial charge is 0.394 e. The summed E-state index contributed by atoms with van der Waals surface area (Å²) in [4.78, 5) is 18.7. The molecule has 0 aromatic heterocycles. The summed E-state index contributed by atoms with van der Waals surface area (Å²) in [6, 6.07) is 0. The number of amides is 1. The van der Waals surface area contributed by atoms with Crippen molar-refractivity contribution in [2.24, 2.45) is 0 Å². The topological polar surface area (TPSA) is 56.3 Å². The molecule has 1 saturated heterocycles. The molecule has 1 heterocycles. The van der Waals surface area contributed by atoms with Crippen molar-refractivity contribution in [3.05, 3.63) is 0 Å². The lowest BCUT2D eigenvalue weighted by molar-refractivity contribution is -0.142. The minimum atomic E-state index is -0.485. The van der Waals surface area contributed by atoms with E-state index in [1.165, 1.54) is 0 Å². The predicted molar refractivity (Wildman–Crippen MR) is 87.9 cm³/mol. The first-order valence-electron chi connectivity index (χ1n) is 8.35. The van der Waals surface area contributed by atoms with E-state index in [1.54, 1.807) is 0 Å². The predicted octanol–water partition coefficient (Wildman–Crippen LogP) is 0.260. The molecule has 0 saturated carbocycles. The Morgan fingerprint density at radius 2 is 1.91 bits per heavy atom. The van der Waals surface area contributed by atoms with E-state index in [2.05, 4.69) is 18.7 Å². The summed E-state index contributed by atoms with van der Waals surface area (Å²) in [6.45, 7) is 8.60. The van der Waals surface area contributed by atoms with Gasteiger partial charge in [0.15, 0.2) is 0 Å². The highest BCUT2D eigenvalue weighted by Gasteiger charge is 2.41. The molecule has 22 heavy (non-hydrogen) atoms. The summed E-state index contributed by atoms with van der Waals surface area (Å²) >= 11 is 0. The average molecular weight is 315 g/mol. The maximum atomic E-state index is 12.6. The van der Waals surface area contributed by atoms with Gasteiger partial charge in [-0.15, -0.1) is 0 Å². The van der Waals surface area contributed by atoms with E-state index in [4.69, 9.17) is 4.74 Å². The highest BCUT2D eigenvalue weighted by Crippen LogP contribution is 2.21.